The minimum Gasteiger partial charge on any atom is -0.384 e. The first-order valence-corrected chi connectivity index (χ1v) is 6.94. The van der Waals surface area contributed by atoms with E-state index < -0.39 is 0 Å². The zero-order chi connectivity index (χ0) is 13.6. The van der Waals surface area contributed by atoms with Gasteiger partial charge in [-0.1, -0.05) is 35.9 Å². The van der Waals surface area contributed by atoms with Gasteiger partial charge in [-0.15, -0.1) is 0 Å². The average Bonchev–Trinajstić information content (AvgIpc) is 2.67. The molecule has 1 aliphatic rings. The number of hydrogen-bond acceptors (Lipinski definition) is 1. The molecule has 0 saturated carbocycles. The third kappa shape index (κ3) is 1.76. The molecular formula is C18H21N. The van der Waals surface area contributed by atoms with Gasteiger partial charge in [0, 0.05) is 17.6 Å². The Labute approximate surface area is 115 Å². The summed E-state index contributed by atoms with van der Waals surface area (Å²) in [6.07, 6.45) is 0. The Morgan fingerprint density at radius 1 is 1.00 bits per heavy atom. The fourth-order valence-electron chi connectivity index (χ4n) is 3.76. The Kier molecular flexibility index (Phi) is 2.67. The molecule has 0 fully saturated rings. The predicted octanol–water partition coefficient (Wildman–Crippen LogP) is 4.34. The van der Waals surface area contributed by atoms with Crippen LogP contribution in [0.4, 0.5) is 5.69 Å². The molecule has 0 saturated heterocycles. The molecule has 0 radical (unpaired) electrons. The third-order valence-electron chi connectivity index (χ3n) is 4.38. The summed E-state index contributed by atoms with van der Waals surface area (Å²) in [5.41, 5.74) is 8.42. The first kappa shape index (κ1) is 12.3. The van der Waals surface area contributed by atoms with E-state index in [0.717, 1.165) is 6.54 Å². The molecule has 0 bridgehead atoms. The van der Waals surface area contributed by atoms with E-state index in [2.05, 4.69) is 69.4 Å². The summed E-state index contributed by atoms with van der Waals surface area (Å²) in [5, 5.41) is 3.56. The maximum absolute atomic E-state index is 3.56. The van der Waals surface area contributed by atoms with Gasteiger partial charge in [0.25, 0.3) is 0 Å². The molecule has 19 heavy (non-hydrogen) atoms. The van der Waals surface area contributed by atoms with Crippen molar-refractivity contribution < 1.29 is 0 Å². The van der Waals surface area contributed by atoms with E-state index >= 15 is 0 Å². The summed E-state index contributed by atoms with van der Waals surface area (Å²) in [6, 6.07) is 13.3. The predicted molar refractivity (Wildman–Crippen MR) is 82.0 cm³/mol. The van der Waals surface area contributed by atoms with Crippen LogP contribution < -0.4 is 5.32 Å². The van der Waals surface area contributed by atoms with Gasteiger partial charge in [-0.3, -0.25) is 0 Å². The fourth-order valence-corrected chi connectivity index (χ4v) is 3.76. The monoisotopic (exact) mass is 251 g/mol. The van der Waals surface area contributed by atoms with Gasteiger partial charge in [0.1, 0.15) is 0 Å². The van der Waals surface area contributed by atoms with Gasteiger partial charge in [-0.05, 0) is 56.0 Å². The van der Waals surface area contributed by atoms with E-state index in [0.29, 0.717) is 0 Å². The Morgan fingerprint density at radius 3 is 2.32 bits per heavy atom. The van der Waals surface area contributed by atoms with Crippen LogP contribution in [0.3, 0.4) is 0 Å². The Hall–Kier alpha value is -1.76. The number of hydrogen-bond donors (Lipinski definition) is 1. The second kappa shape index (κ2) is 4.12. The molecule has 1 N–H and O–H groups in total. The molecule has 98 valence electrons. The van der Waals surface area contributed by atoms with E-state index in [1.165, 1.54) is 33.5 Å². The summed E-state index contributed by atoms with van der Waals surface area (Å²) in [7, 11) is 0. The van der Waals surface area contributed by atoms with Crippen molar-refractivity contribution in [1.82, 2.24) is 0 Å². The second-order valence-electron chi connectivity index (χ2n) is 6.00. The quantitative estimate of drug-likeness (QED) is 0.795. The van der Waals surface area contributed by atoms with Crippen molar-refractivity contribution in [1.29, 1.82) is 0 Å². The standard InChI is InChI=1S/C18H21N/c1-12-9-13(2)17(14(3)10-12)18(4)11-19-16-8-6-5-7-15(16)18/h5-10,19H,11H2,1-4H3. The van der Waals surface area contributed by atoms with Crippen LogP contribution in [0.2, 0.25) is 0 Å². The van der Waals surface area contributed by atoms with Crippen molar-refractivity contribution in [3.8, 4) is 0 Å². The van der Waals surface area contributed by atoms with E-state index in [1.807, 2.05) is 0 Å². The number of para-hydroxylation sites is 1. The molecular weight excluding hydrogens is 230 g/mol. The first-order chi connectivity index (χ1) is 9.02. The third-order valence-corrected chi connectivity index (χ3v) is 4.38. The van der Waals surface area contributed by atoms with Crippen LogP contribution in [0, 0.1) is 20.8 Å². The molecule has 1 heteroatoms. The average molecular weight is 251 g/mol. The van der Waals surface area contributed by atoms with Crippen LogP contribution >= 0.6 is 0 Å². The number of benzene rings is 2. The number of rotatable bonds is 1. The number of fused-ring (bicyclic) bond motifs is 1. The summed E-state index contributed by atoms with van der Waals surface area (Å²) in [4.78, 5) is 0. The molecule has 1 atom stereocenters. The number of nitrogens with one attached hydrogen (secondary N) is 1. The van der Waals surface area contributed by atoms with Crippen LogP contribution in [0.1, 0.15) is 34.7 Å². The maximum atomic E-state index is 3.56. The smallest absolute Gasteiger partial charge is 0.0382 e. The van der Waals surface area contributed by atoms with Crippen LogP contribution in [0.15, 0.2) is 36.4 Å². The second-order valence-corrected chi connectivity index (χ2v) is 6.00. The van der Waals surface area contributed by atoms with Crippen molar-refractivity contribution in [3.63, 3.8) is 0 Å². The highest BCUT2D eigenvalue weighted by atomic mass is 14.9. The molecule has 3 rings (SSSR count). The van der Waals surface area contributed by atoms with Crippen molar-refractivity contribution in [2.75, 3.05) is 11.9 Å². The van der Waals surface area contributed by atoms with Crippen molar-refractivity contribution in [2.24, 2.45) is 0 Å². The first-order valence-electron chi connectivity index (χ1n) is 6.94. The summed E-state index contributed by atoms with van der Waals surface area (Å²) in [5.74, 6) is 0. The lowest BCUT2D eigenvalue weighted by Crippen LogP contribution is -2.28. The highest BCUT2D eigenvalue weighted by Crippen LogP contribution is 2.43. The zero-order valence-electron chi connectivity index (χ0n) is 12.2. The molecule has 0 spiro atoms. The van der Waals surface area contributed by atoms with Crippen molar-refractivity contribution in [2.45, 2.75) is 33.1 Å². The number of anilines is 1. The van der Waals surface area contributed by atoms with Gasteiger partial charge in [0.15, 0.2) is 0 Å². The molecule has 2 aromatic rings. The van der Waals surface area contributed by atoms with E-state index in [4.69, 9.17) is 0 Å². The lowest BCUT2D eigenvalue weighted by molar-refractivity contribution is 0.626. The minimum absolute atomic E-state index is 0.0818. The maximum Gasteiger partial charge on any atom is 0.0382 e. The van der Waals surface area contributed by atoms with Crippen LogP contribution in [0.25, 0.3) is 0 Å². The van der Waals surface area contributed by atoms with Crippen molar-refractivity contribution in [3.05, 3.63) is 64.2 Å². The Balaban J connectivity index is 2.23. The van der Waals surface area contributed by atoms with Gasteiger partial charge in [-0.25, -0.2) is 0 Å². The molecule has 1 unspecified atom stereocenters. The van der Waals surface area contributed by atoms with Gasteiger partial charge in [0.2, 0.25) is 0 Å². The largest absolute Gasteiger partial charge is 0.384 e. The molecule has 0 aliphatic carbocycles. The summed E-state index contributed by atoms with van der Waals surface area (Å²) in [6.45, 7) is 9.99. The molecule has 1 heterocycles. The lowest BCUT2D eigenvalue weighted by atomic mass is 9.74. The molecule has 0 aromatic heterocycles. The van der Waals surface area contributed by atoms with Crippen molar-refractivity contribution >= 4 is 5.69 Å². The number of aryl methyl sites for hydroxylation is 3. The van der Waals surface area contributed by atoms with Crippen LogP contribution in [0.5, 0.6) is 0 Å². The highest BCUT2D eigenvalue weighted by Gasteiger charge is 2.37. The summed E-state index contributed by atoms with van der Waals surface area (Å²) < 4.78 is 0. The van der Waals surface area contributed by atoms with Gasteiger partial charge >= 0.3 is 0 Å². The highest BCUT2D eigenvalue weighted by molar-refractivity contribution is 5.65. The topological polar surface area (TPSA) is 12.0 Å². The minimum atomic E-state index is 0.0818. The van der Waals surface area contributed by atoms with Gasteiger partial charge in [0.05, 0.1) is 0 Å². The van der Waals surface area contributed by atoms with E-state index in [-0.39, 0.29) is 5.41 Å². The fraction of sp³-hybridized carbons (Fsp3) is 0.333. The molecule has 1 nitrogen and oxygen atoms in total. The molecule has 1 aliphatic heterocycles. The van der Waals surface area contributed by atoms with Crippen LogP contribution in [-0.4, -0.2) is 6.54 Å². The Bertz CT molecular complexity index is 619. The van der Waals surface area contributed by atoms with Crippen LogP contribution in [-0.2, 0) is 5.41 Å². The SMILES string of the molecule is Cc1cc(C)c(C2(C)CNc3ccccc32)c(C)c1. The Morgan fingerprint density at radius 2 is 1.63 bits per heavy atom. The summed E-state index contributed by atoms with van der Waals surface area (Å²) >= 11 is 0. The lowest BCUT2D eigenvalue weighted by Gasteiger charge is -2.29. The molecule has 2 aromatic carbocycles. The van der Waals surface area contributed by atoms with Gasteiger partial charge < -0.3 is 5.32 Å². The van der Waals surface area contributed by atoms with Gasteiger partial charge in [-0.2, -0.15) is 0 Å². The zero-order valence-corrected chi connectivity index (χ0v) is 12.2. The van der Waals surface area contributed by atoms with E-state index in [9.17, 15) is 0 Å². The molecule has 0 amide bonds. The normalized spacial score (nSPS) is 21.1. The van der Waals surface area contributed by atoms with E-state index in [1.54, 1.807) is 0 Å².